The van der Waals surface area contributed by atoms with Crippen LogP contribution in [0.15, 0.2) is 24.4 Å². The van der Waals surface area contributed by atoms with Crippen molar-refractivity contribution in [2.75, 3.05) is 32.8 Å². The number of nitrogens with one attached hydrogen (secondary N) is 1. The van der Waals surface area contributed by atoms with Gasteiger partial charge < -0.3 is 19.7 Å². The molecule has 4 rings (SSSR count). The summed E-state index contributed by atoms with van der Waals surface area (Å²) in [5.74, 6) is 1.27. The predicted octanol–water partition coefficient (Wildman–Crippen LogP) is 1.60. The largest absolute Gasteiger partial charge is 0.381 e. The molecular formula is C20H29N3O3. The fourth-order valence-electron chi connectivity index (χ4n) is 4.42. The first-order valence-electron chi connectivity index (χ1n) is 9.91. The summed E-state index contributed by atoms with van der Waals surface area (Å²) in [4.78, 5) is 19.2. The van der Waals surface area contributed by atoms with E-state index in [0.717, 1.165) is 57.3 Å². The van der Waals surface area contributed by atoms with E-state index >= 15 is 0 Å². The number of hydrogen-bond acceptors (Lipinski definition) is 5. The van der Waals surface area contributed by atoms with Crippen LogP contribution in [0.5, 0.6) is 0 Å². The van der Waals surface area contributed by atoms with Crippen LogP contribution >= 0.6 is 0 Å². The molecule has 1 aromatic heterocycles. The summed E-state index contributed by atoms with van der Waals surface area (Å²) in [6.07, 6.45) is 5.97. The summed E-state index contributed by atoms with van der Waals surface area (Å²) in [6, 6.07) is 5.73. The maximum absolute atomic E-state index is 12.5. The second-order valence-electron chi connectivity index (χ2n) is 7.80. The van der Waals surface area contributed by atoms with Crippen LogP contribution in [0.4, 0.5) is 0 Å². The Kier molecular flexibility index (Phi) is 5.82. The summed E-state index contributed by atoms with van der Waals surface area (Å²) in [5, 5.41) is 2.97. The second kappa shape index (κ2) is 8.46. The number of likely N-dealkylation sites (tertiary alicyclic amines) is 1. The van der Waals surface area contributed by atoms with Crippen LogP contribution in [-0.2, 0) is 20.8 Å². The molecule has 1 N–H and O–H groups in total. The van der Waals surface area contributed by atoms with Gasteiger partial charge in [-0.3, -0.25) is 9.78 Å². The molecule has 1 aromatic rings. The fraction of sp³-hybridized carbons (Fsp3) is 0.700. The molecule has 6 heteroatoms. The summed E-state index contributed by atoms with van der Waals surface area (Å²) >= 11 is 0. The number of fused-ring (bicyclic) bond motifs is 1. The van der Waals surface area contributed by atoms with E-state index < -0.39 is 0 Å². The molecule has 0 aliphatic carbocycles. The molecule has 0 radical (unpaired) electrons. The summed E-state index contributed by atoms with van der Waals surface area (Å²) in [5.41, 5.74) is 0.874. The highest BCUT2D eigenvalue weighted by Gasteiger charge is 2.42. The lowest BCUT2D eigenvalue weighted by molar-refractivity contribution is -0.133. The van der Waals surface area contributed by atoms with Gasteiger partial charge in [0.1, 0.15) is 6.10 Å². The number of pyridine rings is 1. The highest BCUT2D eigenvalue weighted by Crippen LogP contribution is 2.34. The van der Waals surface area contributed by atoms with Crippen molar-refractivity contribution in [3.05, 3.63) is 30.1 Å². The van der Waals surface area contributed by atoms with E-state index in [1.54, 1.807) is 6.20 Å². The van der Waals surface area contributed by atoms with Crippen molar-refractivity contribution in [3.63, 3.8) is 0 Å². The normalized spacial score (nSPS) is 30.1. The lowest BCUT2D eigenvalue weighted by atomic mass is 9.90. The quantitative estimate of drug-likeness (QED) is 0.865. The van der Waals surface area contributed by atoms with E-state index in [9.17, 15) is 4.79 Å². The van der Waals surface area contributed by atoms with Gasteiger partial charge in [-0.1, -0.05) is 6.07 Å². The third-order valence-electron chi connectivity index (χ3n) is 5.96. The second-order valence-corrected chi connectivity index (χ2v) is 7.80. The Labute approximate surface area is 155 Å². The predicted molar refractivity (Wildman–Crippen MR) is 97.5 cm³/mol. The van der Waals surface area contributed by atoms with Crippen LogP contribution in [0.2, 0.25) is 0 Å². The molecule has 26 heavy (non-hydrogen) atoms. The molecular weight excluding hydrogens is 330 g/mol. The molecule has 0 spiro atoms. The zero-order valence-corrected chi connectivity index (χ0v) is 15.3. The smallest absolute Gasteiger partial charge is 0.249 e. The maximum Gasteiger partial charge on any atom is 0.249 e. The first-order valence-corrected chi connectivity index (χ1v) is 9.91. The van der Waals surface area contributed by atoms with Crippen molar-refractivity contribution in [1.29, 1.82) is 0 Å². The van der Waals surface area contributed by atoms with Crippen molar-refractivity contribution >= 4 is 5.91 Å². The average molecular weight is 359 g/mol. The number of nitrogens with zero attached hydrogens (tertiary/aromatic N) is 2. The van der Waals surface area contributed by atoms with Crippen LogP contribution in [0.3, 0.4) is 0 Å². The fourth-order valence-corrected chi connectivity index (χ4v) is 4.42. The lowest BCUT2D eigenvalue weighted by Crippen LogP contribution is -2.45. The van der Waals surface area contributed by atoms with Gasteiger partial charge in [-0.2, -0.15) is 0 Å². The number of aromatic nitrogens is 1. The van der Waals surface area contributed by atoms with Gasteiger partial charge in [0.2, 0.25) is 5.91 Å². The molecule has 3 fully saturated rings. The molecule has 142 valence electrons. The SMILES string of the molecule is O=C(NCc1ccccn1)[C@@H]1C[C@H]2CCN(CC3CCOCC3)C[C@H]2O1. The minimum absolute atomic E-state index is 0.000956. The van der Waals surface area contributed by atoms with Gasteiger partial charge in [-0.15, -0.1) is 0 Å². The molecule has 1 amide bonds. The molecule has 3 atom stereocenters. The zero-order chi connectivity index (χ0) is 17.8. The standard InChI is InChI=1S/C20H29N3O3/c24-20(22-12-17-3-1-2-7-21-17)18-11-16-4-8-23(14-19(16)26-18)13-15-5-9-25-10-6-15/h1-3,7,15-16,18-19H,4-6,8-14H2,(H,22,24)/t16-,18+,19-/m1/s1. The number of ether oxygens (including phenoxy) is 2. The summed E-state index contributed by atoms with van der Waals surface area (Å²) in [7, 11) is 0. The van der Waals surface area contributed by atoms with E-state index in [2.05, 4.69) is 15.2 Å². The molecule has 3 aliphatic rings. The minimum atomic E-state index is -0.309. The molecule has 0 saturated carbocycles. The van der Waals surface area contributed by atoms with Crippen LogP contribution < -0.4 is 5.32 Å². The maximum atomic E-state index is 12.5. The number of rotatable bonds is 5. The van der Waals surface area contributed by atoms with Crippen molar-refractivity contribution in [2.45, 2.75) is 44.4 Å². The van der Waals surface area contributed by atoms with Gasteiger partial charge >= 0.3 is 0 Å². The van der Waals surface area contributed by atoms with Crippen molar-refractivity contribution in [3.8, 4) is 0 Å². The first-order chi connectivity index (χ1) is 12.8. The topological polar surface area (TPSA) is 63.7 Å². The van der Waals surface area contributed by atoms with Crippen LogP contribution in [-0.4, -0.2) is 60.8 Å². The van der Waals surface area contributed by atoms with Crippen molar-refractivity contribution in [1.82, 2.24) is 15.2 Å². The van der Waals surface area contributed by atoms with E-state index in [-0.39, 0.29) is 18.1 Å². The number of hydrogen-bond donors (Lipinski definition) is 1. The Morgan fingerprint density at radius 1 is 1.27 bits per heavy atom. The molecule has 6 nitrogen and oxygen atoms in total. The monoisotopic (exact) mass is 359 g/mol. The van der Waals surface area contributed by atoms with Gasteiger partial charge in [0, 0.05) is 32.5 Å². The molecule has 4 heterocycles. The van der Waals surface area contributed by atoms with E-state index in [1.165, 1.54) is 12.8 Å². The number of piperidine rings is 1. The Hall–Kier alpha value is -1.50. The van der Waals surface area contributed by atoms with Gasteiger partial charge in [-0.25, -0.2) is 0 Å². The molecule has 0 unspecified atom stereocenters. The van der Waals surface area contributed by atoms with Crippen molar-refractivity contribution < 1.29 is 14.3 Å². The van der Waals surface area contributed by atoms with Crippen molar-refractivity contribution in [2.24, 2.45) is 11.8 Å². The molecule has 0 bridgehead atoms. The molecule has 0 aromatic carbocycles. The summed E-state index contributed by atoms with van der Waals surface area (Å²) in [6.45, 7) is 5.51. The van der Waals surface area contributed by atoms with E-state index in [0.29, 0.717) is 12.5 Å². The Morgan fingerprint density at radius 3 is 2.96 bits per heavy atom. The van der Waals surface area contributed by atoms with Crippen LogP contribution in [0.25, 0.3) is 0 Å². The van der Waals surface area contributed by atoms with Gasteiger partial charge in [0.25, 0.3) is 0 Å². The van der Waals surface area contributed by atoms with E-state index in [1.807, 2.05) is 18.2 Å². The number of amides is 1. The van der Waals surface area contributed by atoms with Crippen LogP contribution in [0, 0.1) is 11.8 Å². The Bertz CT molecular complexity index is 591. The first kappa shape index (κ1) is 17.9. The van der Waals surface area contributed by atoms with Gasteiger partial charge in [0.15, 0.2) is 0 Å². The molecule has 3 saturated heterocycles. The Balaban J connectivity index is 1.24. The molecule has 3 aliphatic heterocycles. The summed E-state index contributed by atoms with van der Waals surface area (Å²) < 4.78 is 11.6. The Morgan fingerprint density at radius 2 is 2.15 bits per heavy atom. The average Bonchev–Trinajstić information content (AvgIpc) is 3.11. The van der Waals surface area contributed by atoms with Gasteiger partial charge in [-0.05, 0) is 56.2 Å². The highest BCUT2D eigenvalue weighted by molar-refractivity contribution is 5.81. The number of carbonyl (C=O) groups excluding carboxylic acids is 1. The van der Waals surface area contributed by atoms with Crippen LogP contribution in [0.1, 0.15) is 31.4 Å². The minimum Gasteiger partial charge on any atom is -0.381 e. The highest BCUT2D eigenvalue weighted by atomic mass is 16.5. The number of carbonyl (C=O) groups is 1. The van der Waals surface area contributed by atoms with Gasteiger partial charge in [0.05, 0.1) is 18.3 Å². The lowest BCUT2D eigenvalue weighted by Gasteiger charge is -2.36. The third kappa shape index (κ3) is 4.42. The zero-order valence-electron chi connectivity index (χ0n) is 15.3. The third-order valence-corrected chi connectivity index (χ3v) is 5.96. The van der Waals surface area contributed by atoms with E-state index in [4.69, 9.17) is 9.47 Å².